The standard InChI is InChI=1S/C16H24N2O3/c1-17-9-6-10-18(2)12(11-17)16(19)15-13(20-3)7-5-8-14(15)21-4/h5,7-8,12H,6,9-11H2,1-4H3. The van der Waals surface area contributed by atoms with Gasteiger partial charge in [-0.1, -0.05) is 6.07 Å². The number of hydrogen-bond donors (Lipinski definition) is 0. The third-order valence-corrected chi connectivity index (χ3v) is 4.04. The number of hydrogen-bond acceptors (Lipinski definition) is 5. The maximum absolute atomic E-state index is 13.0. The number of ether oxygens (including phenoxy) is 2. The number of Topliss-reactive ketones (excluding diaryl/α,β-unsaturated/α-hetero) is 1. The van der Waals surface area contributed by atoms with E-state index in [1.807, 2.05) is 13.1 Å². The molecule has 1 heterocycles. The molecule has 1 aromatic carbocycles. The Morgan fingerprint density at radius 1 is 1.14 bits per heavy atom. The van der Waals surface area contributed by atoms with Crippen LogP contribution in [0.15, 0.2) is 18.2 Å². The second kappa shape index (κ2) is 6.91. The Kier molecular flexibility index (Phi) is 5.20. The molecular formula is C16H24N2O3. The molecule has 0 spiro atoms. The maximum Gasteiger partial charge on any atom is 0.188 e. The van der Waals surface area contributed by atoms with Gasteiger partial charge < -0.3 is 14.4 Å². The highest BCUT2D eigenvalue weighted by molar-refractivity contribution is 6.05. The molecule has 5 nitrogen and oxygen atoms in total. The summed E-state index contributed by atoms with van der Waals surface area (Å²) in [6.07, 6.45) is 1.07. The van der Waals surface area contributed by atoms with Crippen molar-refractivity contribution in [3.63, 3.8) is 0 Å². The monoisotopic (exact) mass is 292 g/mol. The molecule has 0 radical (unpaired) electrons. The van der Waals surface area contributed by atoms with Gasteiger partial charge >= 0.3 is 0 Å². The second-order valence-corrected chi connectivity index (χ2v) is 5.51. The van der Waals surface area contributed by atoms with Gasteiger partial charge in [-0.15, -0.1) is 0 Å². The van der Waals surface area contributed by atoms with Gasteiger partial charge in [0, 0.05) is 6.54 Å². The highest BCUT2D eigenvalue weighted by Crippen LogP contribution is 2.30. The van der Waals surface area contributed by atoms with Gasteiger partial charge in [0.25, 0.3) is 0 Å². The molecule has 116 valence electrons. The van der Waals surface area contributed by atoms with Crippen LogP contribution in [0.1, 0.15) is 16.8 Å². The van der Waals surface area contributed by atoms with E-state index in [0.29, 0.717) is 17.1 Å². The van der Waals surface area contributed by atoms with Crippen LogP contribution in [0, 0.1) is 0 Å². The van der Waals surface area contributed by atoms with E-state index in [4.69, 9.17) is 9.47 Å². The van der Waals surface area contributed by atoms with E-state index < -0.39 is 0 Å². The quantitative estimate of drug-likeness (QED) is 0.787. The smallest absolute Gasteiger partial charge is 0.188 e. The summed E-state index contributed by atoms with van der Waals surface area (Å²) in [6, 6.07) is 5.26. The van der Waals surface area contributed by atoms with Crippen LogP contribution in [-0.4, -0.2) is 69.6 Å². The fraction of sp³-hybridized carbons (Fsp3) is 0.562. The van der Waals surface area contributed by atoms with E-state index in [9.17, 15) is 4.79 Å². The normalized spacial score (nSPS) is 20.9. The summed E-state index contributed by atoms with van der Waals surface area (Å²) >= 11 is 0. The summed E-state index contributed by atoms with van der Waals surface area (Å²) in [7, 11) is 7.21. The number of methoxy groups -OCH3 is 2. The van der Waals surface area contributed by atoms with Crippen LogP contribution >= 0.6 is 0 Å². The van der Waals surface area contributed by atoms with Crippen molar-refractivity contribution in [2.24, 2.45) is 0 Å². The minimum atomic E-state index is -0.178. The van der Waals surface area contributed by atoms with Gasteiger partial charge in [0.1, 0.15) is 17.1 Å². The minimum absolute atomic E-state index is 0.0561. The summed E-state index contributed by atoms with van der Waals surface area (Å²) in [6.45, 7) is 2.64. The zero-order chi connectivity index (χ0) is 15.4. The van der Waals surface area contributed by atoms with Crippen molar-refractivity contribution in [1.82, 2.24) is 9.80 Å². The molecular weight excluding hydrogens is 268 g/mol. The molecule has 1 fully saturated rings. The van der Waals surface area contributed by atoms with Gasteiger partial charge in [0.05, 0.1) is 20.3 Å². The van der Waals surface area contributed by atoms with E-state index in [0.717, 1.165) is 26.1 Å². The highest BCUT2D eigenvalue weighted by Gasteiger charge is 2.31. The van der Waals surface area contributed by atoms with Crippen LogP contribution in [0.4, 0.5) is 0 Å². The summed E-state index contributed by atoms with van der Waals surface area (Å²) < 4.78 is 10.7. The predicted octanol–water partition coefficient (Wildman–Crippen LogP) is 1.52. The van der Waals surface area contributed by atoms with E-state index in [-0.39, 0.29) is 11.8 Å². The fourth-order valence-corrected chi connectivity index (χ4v) is 2.82. The first-order valence-electron chi connectivity index (χ1n) is 7.22. The zero-order valence-electron chi connectivity index (χ0n) is 13.3. The summed E-state index contributed by atoms with van der Waals surface area (Å²) in [4.78, 5) is 17.4. The SMILES string of the molecule is COc1cccc(OC)c1C(=O)C1CN(C)CCCN1C. The molecule has 0 amide bonds. The van der Waals surface area contributed by atoms with Gasteiger partial charge in [-0.25, -0.2) is 0 Å². The Balaban J connectivity index is 2.38. The molecule has 0 bridgehead atoms. The van der Waals surface area contributed by atoms with Gasteiger partial charge in [0.2, 0.25) is 0 Å². The Morgan fingerprint density at radius 3 is 2.33 bits per heavy atom. The molecule has 21 heavy (non-hydrogen) atoms. The number of likely N-dealkylation sites (N-methyl/N-ethyl adjacent to an activating group) is 2. The first-order chi connectivity index (χ1) is 10.1. The predicted molar refractivity (Wildman–Crippen MR) is 82.4 cm³/mol. The van der Waals surface area contributed by atoms with Gasteiger partial charge in [-0.05, 0) is 45.7 Å². The first-order valence-corrected chi connectivity index (χ1v) is 7.22. The van der Waals surface area contributed by atoms with E-state index in [2.05, 4.69) is 16.8 Å². The van der Waals surface area contributed by atoms with E-state index in [1.54, 1.807) is 26.4 Å². The van der Waals surface area contributed by atoms with Crippen molar-refractivity contribution >= 4 is 5.78 Å². The van der Waals surface area contributed by atoms with E-state index in [1.165, 1.54) is 0 Å². The van der Waals surface area contributed by atoms with Crippen LogP contribution in [0.2, 0.25) is 0 Å². The molecule has 1 saturated heterocycles. The molecule has 0 saturated carbocycles. The molecule has 1 atom stereocenters. The van der Waals surface area contributed by atoms with Gasteiger partial charge in [-0.2, -0.15) is 0 Å². The number of carbonyl (C=O) groups excluding carboxylic acids is 1. The van der Waals surface area contributed by atoms with Crippen LogP contribution in [0.3, 0.4) is 0 Å². The van der Waals surface area contributed by atoms with E-state index >= 15 is 0 Å². The number of nitrogens with zero attached hydrogens (tertiary/aromatic N) is 2. The molecule has 0 N–H and O–H groups in total. The summed E-state index contributed by atoms with van der Waals surface area (Å²) in [5.74, 6) is 1.19. The minimum Gasteiger partial charge on any atom is -0.496 e. The number of rotatable bonds is 4. The third kappa shape index (κ3) is 3.36. The number of carbonyl (C=O) groups is 1. The topological polar surface area (TPSA) is 42.0 Å². The van der Waals surface area contributed by atoms with Crippen LogP contribution in [0.5, 0.6) is 11.5 Å². The molecule has 0 aromatic heterocycles. The Morgan fingerprint density at radius 2 is 1.76 bits per heavy atom. The Bertz CT molecular complexity index is 482. The molecule has 1 aliphatic heterocycles. The molecule has 5 heteroatoms. The summed E-state index contributed by atoms with van der Waals surface area (Å²) in [5, 5.41) is 0. The largest absolute Gasteiger partial charge is 0.496 e. The van der Waals surface area contributed by atoms with Crippen molar-refractivity contribution < 1.29 is 14.3 Å². The zero-order valence-corrected chi connectivity index (χ0v) is 13.3. The average molecular weight is 292 g/mol. The van der Waals surface area contributed by atoms with Crippen molar-refractivity contribution in [3.05, 3.63) is 23.8 Å². The lowest BCUT2D eigenvalue weighted by atomic mass is 10.0. The highest BCUT2D eigenvalue weighted by atomic mass is 16.5. The van der Waals surface area contributed by atoms with Crippen molar-refractivity contribution in [2.45, 2.75) is 12.5 Å². The molecule has 0 aliphatic carbocycles. The molecule has 1 aliphatic rings. The Hall–Kier alpha value is -1.59. The summed E-state index contributed by atoms with van der Waals surface area (Å²) in [5.41, 5.74) is 0.537. The van der Waals surface area contributed by atoms with Crippen LogP contribution in [-0.2, 0) is 0 Å². The maximum atomic E-state index is 13.0. The Labute approximate surface area is 126 Å². The van der Waals surface area contributed by atoms with Crippen LogP contribution < -0.4 is 9.47 Å². The number of ketones is 1. The van der Waals surface area contributed by atoms with Crippen molar-refractivity contribution in [1.29, 1.82) is 0 Å². The van der Waals surface area contributed by atoms with Gasteiger partial charge in [0.15, 0.2) is 5.78 Å². The first kappa shape index (κ1) is 15.8. The average Bonchev–Trinajstić information content (AvgIpc) is 2.66. The molecule has 2 rings (SSSR count). The lowest BCUT2D eigenvalue weighted by molar-refractivity contribution is 0.0833. The second-order valence-electron chi connectivity index (χ2n) is 5.51. The lowest BCUT2D eigenvalue weighted by Crippen LogP contribution is -2.43. The molecule has 1 unspecified atom stereocenters. The van der Waals surface area contributed by atoms with Crippen LogP contribution in [0.25, 0.3) is 0 Å². The molecule has 1 aromatic rings. The fourth-order valence-electron chi connectivity index (χ4n) is 2.82. The van der Waals surface area contributed by atoms with Gasteiger partial charge in [-0.3, -0.25) is 9.69 Å². The van der Waals surface area contributed by atoms with Crippen molar-refractivity contribution in [2.75, 3.05) is 47.9 Å². The third-order valence-electron chi connectivity index (χ3n) is 4.04. The number of benzene rings is 1. The van der Waals surface area contributed by atoms with Crippen molar-refractivity contribution in [3.8, 4) is 11.5 Å². The lowest BCUT2D eigenvalue weighted by Gasteiger charge is -2.27.